The molecular weight excluding hydrogens is 208 g/mol. The smallest absolute Gasteiger partial charge is 0.325 e. The normalized spacial score (nSPS) is 18.6. The molecule has 0 bridgehead atoms. The zero-order chi connectivity index (χ0) is 12.0. The van der Waals surface area contributed by atoms with Crippen LogP contribution in [0.15, 0.2) is 12.3 Å². The molecule has 0 saturated heterocycles. The van der Waals surface area contributed by atoms with Gasteiger partial charge in [0, 0.05) is 6.20 Å². The predicted molar refractivity (Wildman–Crippen MR) is 59.9 cm³/mol. The lowest BCUT2D eigenvalue weighted by molar-refractivity contribution is -0.138. The molecule has 0 aliphatic heterocycles. The molecule has 1 rings (SSSR count). The maximum Gasteiger partial charge on any atom is 0.325 e. The van der Waals surface area contributed by atoms with Gasteiger partial charge in [-0.05, 0) is 25.7 Å². The van der Waals surface area contributed by atoms with Gasteiger partial charge in [0.05, 0.1) is 0 Å². The largest absolute Gasteiger partial charge is 0.480 e. The van der Waals surface area contributed by atoms with E-state index in [1.807, 2.05) is 6.08 Å². The standard InChI is InChI=1S/C11H18N2O3/c1-8(10(14)15)13-11(16)12-7-6-9-4-2-3-5-9/h6-9H,2-5H2,1H3,(H,14,15)(H2,12,13,16)/b7-6+. The SMILES string of the molecule is CC(NC(=O)N/C=C/C1CCCC1)C(=O)O. The summed E-state index contributed by atoms with van der Waals surface area (Å²) in [4.78, 5) is 21.7. The van der Waals surface area contributed by atoms with Gasteiger partial charge in [-0.25, -0.2) is 4.79 Å². The lowest BCUT2D eigenvalue weighted by Gasteiger charge is -2.08. The molecule has 1 saturated carbocycles. The van der Waals surface area contributed by atoms with Crippen LogP contribution in [0.2, 0.25) is 0 Å². The van der Waals surface area contributed by atoms with E-state index in [1.54, 1.807) is 6.20 Å². The summed E-state index contributed by atoms with van der Waals surface area (Å²) in [6, 6.07) is -1.36. The topological polar surface area (TPSA) is 78.4 Å². The van der Waals surface area contributed by atoms with Crippen molar-refractivity contribution in [2.75, 3.05) is 0 Å². The van der Waals surface area contributed by atoms with Gasteiger partial charge < -0.3 is 15.7 Å². The van der Waals surface area contributed by atoms with Gasteiger partial charge in [-0.3, -0.25) is 4.79 Å². The lowest BCUT2D eigenvalue weighted by Crippen LogP contribution is -2.42. The third kappa shape index (κ3) is 4.33. The Morgan fingerprint density at radius 2 is 2.00 bits per heavy atom. The van der Waals surface area contributed by atoms with Gasteiger partial charge in [0.25, 0.3) is 0 Å². The van der Waals surface area contributed by atoms with Gasteiger partial charge in [-0.15, -0.1) is 0 Å². The van der Waals surface area contributed by atoms with Gasteiger partial charge >= 0.3 is 12.0 Å². The molecule has 0 heterocycles. The molecule has 1 fully saturated rings. The molecule has 3 N–H and O–H groups in total. The third-order valence-corrected chi connectivity index (χ3v) is 2.70. The summed E-state index contributed by atoms with van der Waals surface area (Å²) in [5.74, 6) is -0.493. The highest BCUT2D eigenvalue weighted by Crippen LogP contribution is 2.25. The molecule has 5 heteroatoms. The van der Waals surface area contributed by atoms with Crippen molar-refractivity contribution in [2.45, 2.75) is 38.6 Å². The summed E-state index contributed by atoms with van der Waals surface area (Å²) in [5.41, 5.74) is 0. The van der Waals surface area contributed by atoms with Crippen molar-refractivity contribution >= 4 is 12.0 Å². The van der Waals surface area contributed by atoms with Crippen LogP contribution in [0.25, 0.3) is 0 Å². The van der Waals surface area contributed by atoms with Crippen molar-refractivity contribution in [3.05, 3.63) is 12.3 Å². The molecule has 0 aromatic carbocycles. The number of carboxylic acid groups (broad SMARTS) is 1. The van der Waals surface area contributed by atoms with Crippen LogP contribution in [0.1, 0.15) is 32.6 Å². The van der Waals surface area contributed by atoms with Gasteiger partial charge in [0.15, 0.2) is 0 Å². The Kier molecular flexibility index (Phi) is 4.82. The fraction of sp³-hybridized carbons (Fsp3) is 0.636. The second-order valence-corrected chi connectivity index (χ2v) is 4.08. The summed E-state index contributed by atoms with van der Waals surface area (Å²) in [6.45, 7) is 1.42. The van der Waals surface area contributed by atoms with Gasteiger partial charge in [-0.2, -0.15) is 0 Å². The van der Waals surface area contributed by atoms with Crippen molar-refractivity contribution in [3.63, 3.8) is 0 Å². The first-order chi connectivity index (χ1) is 7.59. The molecule has 1 atom stereocenters. The molecule has 0 radical (unpaired) electrons. The van der Waals surface area contributed by atoms with Crippen LogP contribution >= 0.6 is 0 Å². The molecule has 1 aliphatic rings. The highest BCUT2D eigenvalue weighted by molar-refractivity contribution is 5.82. The minimum absolute atomic E-state index is 0.482. The van der Waals surface area contributed by atoms with Crippen molar-refractivity contribution in [1.29, 1.82) is 0 Å². The molecule has 0 aromatic heterocycles. The van der Waals surface area contributed by atoms with E-state index in [-0.39, 0.29) is 0 Å². The Bertz CT molecular complexity index is 283. The van der Waals surface area contributed by atoms with Crippen LogP contribution in [0, 0.1) is 5.92 Å². The van der Waals surface area contributed by atoms with Crippen LogP contribution in [-0.4, -0.2) is 23.1 Å². The van der Waals surface area contributed by atoms with E-state index in [2.05, 4.69) is 10.6 Å². The minimum atomic E-state index is -1.05. The van der Waals surface area contributed by atoms with E-state index in [4.69, 9.17) is 5.11 Å². The van der Waals surface area contributed by atoms with E-state index >= 15 is 0 Å². The van der Waals surface area contributed by atoms with Crippen molar-refractivity contribution < 1.29 is 14.7 Å². The first-order valence-corrected chi connectivity index (χ1v) is 5.56. The number of carbonyl (C=O) groups is 2. The average molecular weight is 226 g/mol. The first kappa shape index (κ1) is 12.5. The molecule has 90 valence electrons. The predicted octanol–water partition coefficient (Wildman–Crippen LogP) is 1.46. The fourth-order valence-corrected chi connectivity index (χ4v) is 1.71. The fourth-order valence-electron chi connectivity index (χ4n) is 1.71. The summed E-state index contributed by atoms with van der Waals surface area (Å²) in [5, 5.41) is 13.4. The quantitative estimate of drug-likeness (QED) is 0.679. The van der Waals surface area contributed by atoms with Crippen LogP contribution in [0.3, 0.4) is 0 Å². The molecule has 1 unspecified atom stereocenters. The monoisotopic (exact) mass is 226 g/mol. The van der Waals surface area contributed by atoms with E-state index in [9.17, 15) is 9.59 Å². The molecule has 0 aromatic rings. The molecule has 5 nitrogen and oxygen atoms in total. The number of hydrogen-bond donors (Lipinski definition) is 3. The van der Waals surface area contributed by atoms with Crippen molar-refractivity contribution in [1.82, 2.24) is 10.6 Å². The zero-order valence-corrected chi connectivity index (χ0v) is 9.40. The number of nitrogens with one attached hydrogen (secondary N) is 2. The van der Waals surface area contributed by atoms with E-state index in [1.165, 1.54) is 32.6 Å². The highest BCUT2D eigenvalue weighted by atomic mass is 16.4. The Labute approximate surface area is 94.9 Å². The van der Waals surface area contributed by atoms with Crippen LogP contribution in [-0.2, 0) is 4.79 Å². The average Bonchev–Trinajstić information content (AvgIpc) is 2.70. The van der Waals surface area contributed by atoms with Gasteiger partial charge in [0.1, 0.15) is 6.04 Å². The summed E-state index contributed by atoms with van der Waals surface area (Å²) in [7, 11) is 0. The maximum atomic E-state index is 11.2. The molecular formula is C11H18N2O3. The summed E-state index contributed by atoms with van der Waals surface area (Å²) >= 11 is 0. The Balaban J connectivity index is 2.21. The van der Waals surface area contributed by atoms with Crippen LogP contribution in [0.4, 0.5) is 4.79 Å². The molecule has 1 aliphatic carbocycles. The number of amides is 2. The first-order valence-electron chi connectivity index (χ1n) is 5.56. The molecule has 0 spiro atoms. The second kappa shape index (κ2) is 6.15. The summed E-state index contributed by atoms with van der Waals surface area (Å²) in [6.07, 6.45) is 8.41. The van der Waals surface area contributed by atoms with E-state index < -0.39 is 18.0 Å². The van der Waals surface area contributed by atoms with Gasteiger partial charge in [-0.1, -0.05) is 18.9 Å². The Hall–Kier alpha value is -1.52. The third-order valence-electron chi connectivity index (χ3n) is 2.70. The lowest BCUT2D eigenvalue weighted by atomic mass is 10.1. The molecule has 2 amide bonds. The summed E-state index contributed by atoms with van der Waals surface area (Å²) < 4.78 is 0. The number of allylic oxidation sites excluding steroid dienone is 1. The number of hydrogen-bond acceptors (Lipinski definition) is 2. The maximum absolute atomic E-state index is 11.2. The number of carbonyl (C=O) groups excluding carboxylic acids is 1. The van der Waals surface area contributed by atoms with Crippen LogP contribution in [0.5, 0.6) is 0 Å². The second-order valence-electron chi connectivity index (χ2n) is 4.08. The highest BCUT2D eigenvalue weighted by Gasteiger charge is 2.13. The van der Waals surface area contributed by atoms with Crippen molar-refractivity contribution in [3.8, 4) is 0 Å². The van der Waals surface area contributed by atoms with E-state index in [0.29, 0.717) is 5.92 Å². The Morgan fingerprint density at radius 3 is 2.56 bits per heavy atom. The molecule has 16 heavy (non-hydrogen) atoms. The van der Waals surface area contributed by atoms with Gasteiger partial charge in [0.2, 0.25) is 0 Å². The number of carboxylic acids is 1. The number of urea groups is 1. The number of rotatable bonds is 4. The Morgan fingerprint density at radius 1 is 1.38 bits per heavy atom. The van der Waals surface area contributed by atoms with E-state index in [0.717, 1.165) is 0 Å². The van der Waals surface area contributed by atoms with Crippen molar-refractivity contribution in [2.24, 2.45) is 5.92 Å². The minimum Gasteiger partial charge on any atom is -0.480 e. The van der Waals surface area contributed by atoms with Crippen LogP contribution < -0.4 is 10.6 Å². The number of aliphatic carboxylic acids is 1. The zero-order valence-electron chi connectivity index (χ0n) is 9.40.